The van der Waals surface area contributed by atoms with Crippen molar-refractivity contribution >= 4 is 11.9 Å². The van der Waals surface area contributed by atoms with Crippen molar-refractivity contribution in [3.05, 3.63) is 0 Å². The Bertz CT molecular complexity index is 406. The average molecular weight is 309 g/mol. The Kier molecular flexibility index (Phi) is 10.4. The summed E-state index contributed by atoms with van der Waals surface area (Å²) in [6, 6.07) is 0. The molecule has 0 bridgehead atoms. The summed E-state index contributed by atoms with van der Waals surface area (Å²) < 4.78 is 5.13. The highest BCUT2D eigenvalue weighted by molar-refractivity contribution is 5.82. The Hall–Kier alpha value is -1.50. The summed E-state index contributed by atoms with van der Waals surface area (Å²) >= 11 is 0. The summed E-state index contributed by atoms with van der Waals surface area (Å²) in [6.07, 6.45) is 6.11. The standard InChI is InChI=1S/C18H31NO3/c1-6-8-9-10-11-12-14-18(3,17(21)22-7-2)15-13-16(20)19(4)5/h6-11,13,15H2,1-5H3. The van der Waals surface area contributed by atoms with E-state index in [-0.39, 0.29) is 11.9 Å². The van der Waals surface area contributed by atoms with Crippen LogP contribution in [0.1, 0.15) is 65.7 Å². The van der Waals surface area contributed by atoms with E-state index < -0.39 is 5.41 Å². The van der Waals surface area contributed by atoms with Crippen molar-refractivity contribution in [2.24, 2.45) is 5.41 Å². The van der Waals surface area contributed by atoms with Crippen LogP contribution >= 0.6 is 0 Å². The van der Waals surface area contributed by atoms with E-state index in [4.69, 9.17) is 4.74 Å². The number of hydrogen-bond acceptors (Lipinski definition) is 3. The van der Waals surface area contributed by atoms with Gasteiger partial charge < -0.3 is 9.64 Å². The van der Waals surface area contributed by atoms with Crippen LogP contribution < -0.4 is 0 Å². The molecule has 0 heterocycles. The van der Waals surface area contributed by atoms with Crippen molar-refractivity contribution in [3.63, 3.8) is 0 Å². The second-order valence-corrected chi connectivity index (χ2v) is 5.95. The van der Waals surface area contributed by atoms with Gasteiger partial charge in [0.15, 0.2) is 0 Å². The number of unbranched alkanes of at least 4 members (excludes halogenated alkanes) is 4. The van der Waals surface area contributed by atoms with Crippen LogP contribution in [0.4, 0.5) is 0 Å². The molecule has 0 aliphatic heterocycles. The first kappa shape index (κ1) is 20.5. The highest BCUT2D eigenvalue weighted by Gasteiger charge is 2.33. The molecule has 4 nitrogen and oxygen atoms in total. The first-order valence-electron chi connectivity index (χ1n) is 8.24. The molecule has 0 N–H and O–H groups in total. The molecule has 0 aliphatic rings. The molecular formula is C18H31NO3. The normalized spacial score (nSPS) is 12.8. The number of esters is 1. The van der Waals surface area contributed by atoms with Crippen LogP contribution in [0.15, 0.2) is 0 Å². The SMILES string of the molecule is CCCCCCC#CC(C)(CCC(=O)N(C)C)C(=O)OCC. The molecule has 1 unspecified atom stereocenters. The zero-order chi connectivity index (χ0) is 17.0. The van der Waals surface area contributed by atoms with E-state index in [1.54, 1.807) is 27.9 Å². The van der Waals surface area contributed by atoms with Crippen LogP contribution in [0.2, 0.25) is 0 Å². The number of amides is 1. The first-order valence-corrected chi connectivity index (χ1v) is 8.24. The second kappa shape index (κ2) is 11.1. The Labute approximate surface area is 135 Å². The summed E-state index contributed by atoms with van der Waals surface area (Å²) in [4.78, 5) is 25.4. The minimum Gasteiger partial charge on any atom is -0.465 e. The summed E-state index contributed by atoms with van der Waals surface area (Å²) in [5.41, 5.74) is -0.896. The maximum absolute atomic E-state index is 12.2. The van der Waals surface area contributed by atoms with Crippen LogP contribution in [-0.2, 0) is 14.3 Å². The van der Waals surface area contributed by atoms with Gasteiger partial charge in [0.25, 0.3) is 0 Å². The average Bonchev–Trinajstić information content (AvgIpc) is 2.48. The number of ether oxygens (including phenoxy) is 1. The third kappa shape index (κ3) is 8.07. The topological polar surface area (TPSA) is 46.6 Å². The van der Waals surface area contributed by atoms with E-state index in [0.29, 0.717) is 19.4 Å². The molecule has 0 radical (unpaired) electrons. The zero-order valence-electron chi connectivity index (χ0n) is 14.8. The molecule has 1 amide bonds. The molecule has 0 saturated heterocycles. The maximum atomic E-state index is 12.2. The molecule has 0 saturated carbocycles. The van der Waals surface area contributed by atoms with Gasteiger partial charge in [0.05, 0.1) is 6.61 Å². The molecule has 0 aromatic heterocycles. The van der Waals surface area contributed by atoms with Crippen LogP contribution in [0, 0.1) is 17.3 Å². The van der Waals surface area contributed by atoms with Gasteiger partial charge in [-0.3, -0.25) is 9.59 Å². The Morgan fingerprint density at radius 2 is 1.82 bits per heavy atom. The number of carbonyl (C=O) groups excluding carboxylic acids is 2. The van der Waals surface area contributed by atoms with Gasteiger partial charge in [-0.15, -0.1) is 5.92 Å². The molecule has 0 fully saturated rings. The minimum atomic E-state index is -0.896. The van der Waals surface area contributed by atoms with Crippen LogP contribution in [0.3, 0.4) is 0 Å². The lowest BCUT2D eigenvalue weighted by Crippen LogP contribution is -2.31. The quantitative estimate of drug-likeness (QED) is 0.372. The third-order valence-corrected chi connectivity index (χ3v) is 3.58. The maximum Gasteiger partial charge on any atom is 0.323 e. The van der Waals surface area contributed by atoms with Crippen LogP contribution in [-0.4, -0.2) is 37.5 Å². The van der Waals surface area contributed by atoms with Gasteiger partial charge in [-0.25, -0.2) is 0 Å². The van der Waals surface area contributed by atoms with Gasteiger partial charge in [0.1, 0.15) is 5.41 Å². The van der Waals surface area contributed by atoms with E-state index in [0.717, 1.165) is 12.8 Å². The van der Waals surface area contributed by atoms with E-state index in [9.17, 15) is 9.59 Å². The van der Waals surface area contributed by atoms with Crippen molar-refractivity contribution in [1.29, 1.82) is 0 Å². The smallest absolute Gasteiger partial charge is 0.323 e. The van der Waals surface area contributed by atoms with Gasteiger partial charge in [0.2, 0.25) is 5.91 Å². The summed E-state index contributed by atoms with van der Waals surface area (Å²) in [6.45, 7) is 6.05. The highest BCUT2D eigenvalue weighted by atomic mass is 16.5. The van der Waals surface area contributed by atoms with Gasteiger partial charge in [-0.2, -0.15) is 0 Å². The van der Waals surface area contributed by atoms with Gasteiger partial charge in [-0.05, 0) is 26.7 Å². The molecular weight excluding hydrogens is 278 g/mol. The number of rotatable bonds is 9. The van der Waals surface area contributed by atoms with Crippen molar-refractivity contribution in [2.45, 2.75) is 65.7 Å². The predicted octanol–water partition coefficient (Wildman–Crippen LogP) is 3.40. The molecule has 0 rings (SSSR count). The number of hydrogen-bond donors (Lipinski definition) is 0. The van der Waals surface area contributed by atoms with Gasteiger partial charge in [0, 0.05) is 26.9 Å². The molecule has 126 valence electrons. The fourth-order valence-electron chi connectivity index (χ4n) is 1.98. The number of carbonyl (C=O) groups is 2. The summed E-state index contributed by atoms with van der Waals surface area (Å²) in [5.74, 6) is 5.83. The lowest BCUT2D eigenvalue weighted by atomic mass is 9.85. The van der Waals surface area contributed by atoms with E-state index in [1.807, 2.05) is 0 Å². The fraction of sp³-hybridized carbons (Fsp3) is 0.778. The molecule has 22 heavy (non-hydrogen) atoms. The Balaban J connectivity index is 4.69. The molecule has 1 atom stereocenters. The molecule has 0 aliphatic carbocycles. The molecule has 0 aromatic rings. The van der Waals surface area contributed by atoms with Gasteiger partial charge in [-0.1, -0.05) is 32.1 Å². The number of nitrogens with zero attached hydrogens (tertiary/aromatic N) is 1. The zero-order valence-corrected chi connectivity index (χ0v) is 14.8. The van der Waals surface area contributed by atoms with Crippen LogP contribution in [0.5, 0.6) is 0 Å². The first-order chi connectivity index (χ1) is 10.4. The molecule has 0 spiro atoms. The lowest BCUT2D eigenvalue weighted by Gasteiger charge is -2.22. The van der Waals surface area contributed by atoms with Crippen LogP contribution in [0.25, 0.3) is 0 Å². The highest BCUT2D eigenvalue weighted by Crippen LogP contribution is 2.25. The molecule has 4 heteroatoms. The fourth-order valence-corrected chi connectivity index (χ4v) is 1.98. The monoisotopic (exact) mass is 309 g/mol. The molecule has 0 aromatic carbocycles. The van der Waals surface area contributed by atoms with E-state index >= 15 is 0 Å². The largest absolute Gasteiger partial charge is 0.465 e. The Morgan fingerprint density at radius 1 is 1.14 bits per heavy atom. The Morgan fingerprint density at radius 3 is 2.36 bits per heavy atom. The van der Waals surface area contributed by atoms with Crippen molar-refractivity contribution in [2.75, 3.05) is 20.7 Å². The predicted molar refractivity (Wildman–Crippen MR) is 89.2 cm³/mol. The summed E-state index contributed by atoms with van der Waals surface area (Å²) in [5, 5.41) is 0. The van der Waals surface area contributed by atoms with Crippen molar-refractivity contribution in [1.82, 2.24) is 4.90 Å². The lowest BCUT2D eigenvalue weighted by molar-refractivity contribution is -0.151. The van der Waals surface area contributed by atoms with E-state index in [2.05, 4.69) is 18.8 Å². The van der Waals surface area contributed by atoms with Crippen molar-refractivity contribution in [3.8, 4) is 11.8 Å². The third-order valence-electron chi connectivity index (χ3n) is 3.58. The minimum absolute atomic E-state index is 0.000249. The second-order valence-electron chi connectivity index (χ2n) is 5.95. The van der Waals surface area contributed by atoms with Crippen molar-refractivity contribution < 1.29 is 14.3 Å². The van der Waals surface area contributed by atoms with Gasteiger partial charge >= 0.3 is 5.97 Å². The van der Waals surface area contributed by atoms with E-state index in [1.165, 1.54) is 24.2 Å². The summed E-state index contributed by atoms with van der Waals surface area (Å²) in [7, 11) is 3.42.